The molecule has 1 aliphatic rings. The first-order chi connectivity index (χ1) is 9.05. The van der Waals surface area contributed by atoms with Gasteiger partial charge in [-0.1, -0.05) is 24.6 Å². The number of benzene rings is 1. The Morgan fingerprint density at radius 1 is 1.53 bits per heavy atom. The molecule has 4 heteroatoms. The van der Waals surface area contributed by atoms with E-state index in [9.17, 15) is 4.39 Å². The molecule has 1 N–H and O–H groups in total. The first-order valence-corrected chi connectivity index (χ1v) is 7.24. The van der Waals surface area contributed by atoms with Crippen molar-refractivity contribution >= 4 is 11.6 Å². The Bertz CT molecular complexity index is 432. The minimum atomic E-state index is -0.294. The molecule has 2 unspecified atom stereocenters. The number of halogens is 2. The highest BCUT2D eigenvalue weighted by Crippen LogP contribution is 2.31. The van der Waals surface area contributed by atoms with Gasteiger partial charge in [0, 0.05) is 17.7 Å². The van der Waals surface area contributed by atoms with Gasteiger partial charge in [0.05, 0.1) is 5.60 Å². The molecular formula is C15H21ClFNO. The maximum absolute atomic E-state index is 13.1. The molecule has 0 spiro atoms. The highest BCUT2D eigenvalue weighted by molar-refractivity contribution is 6.31. The summed E-state index contributed by atoms with van der Waals surface area (Å²) in [6.45, 7) is 5.92. The zero-order valence-electron chi connectivity index (χ0n) is 11.5. The summed E-state index contributed by atoms with van der Waals surface area (Å²) in [7, 11) is 0. The number of likely N-dealkylation sites (N-methyl/N-ethyl adjacent to an activating group) is 1. The molecule has 1 heterocycles. The summed E-state index contributed by atoms with van der Waals surface area (Å²) in [6.07, 6.45) is 2.89. The molecular weight excluding hydrogens is 265 g/mol. The second-order valence-corrected chi connectivity index (χ2v) is 5.72. The van der Waals surface area contributed by atoms with E-state index >= 15 is 0 Å². The molecule has 0 saturated carbocycles. The van der Waals surface area contributed by atoms with E-state index in [1.807, 2.05) is 0 Å². The molecule has 0 amide bonds. The summed E-state index contributed by atoms with van der Waals surface area (Å²) in [6, 6.07) is 4.79. The maximum Gasteiger partial charge on any atom is 0.124 e. The third-order valence-corrected chi connectivity index (χ3v) is 4.23. The van der Waals surface area contributed by atoms with Crippen LogP contribution in [-0.2, 0) is 11.2 Å². The Balaban J connectivity index is 2.16. The van der Waals surface area contributed by atoms with Gasteiger partial charge in [-0.15, -0.1) is 0 Å². The third-order valence-electron chi connectivity index (χ3n) is 3.88. The Morgan fingerprint density at radius 2 is 2.32 bits per heavy atom. The average molecular weight is 286 g/mol. The van der Waals surface area contributed by atoms with Crippen LogP contribution in [0, 0.1) is 5.82 Å². The second-order valence-electron chi connectivity index (χ2n) is 5.31. The van der Waals surface area contributed by atoms with Gasteiger partial charge in [-0.25, -0.2) is 4.39 Å². The van der Waals surface area contributed by atoms with Gasteiger partial charge in [0.1, 0.15) is 5.82 Å². The molecule has 2 atom stereocenters. The highest BCUT2D eigenvalue weighted by atomic mass is 35.5. The maximum atomic E-state index is 13.1. The lowest BCUT2D eigenvalue weighted by Crippen LogP contribution is -2.49. The first kappa shape index (κ1) is 14.8. The van der Waals surface area contributed by atoms with Gasteiger partial charge >= 0.3 is 0 Å². The monoisotopic (exact) mass is 285 g/mol. The van der Waals surface area contributed by atoms with E-state index in [2.05, 4.69) is 19.2 Å². The topological polar surface area (TPSA) is 21.3 Å². The zero-order valence-corrected chi connectivity index (χ0v) is 12.3. The van der Waals surface area contributed by atoms with Crippen LogP contribution in [0.5, 0.6) is 0 Å². The predicted octanol–water partition coefficient (Wildman–Crippen LogP) is 3.57. The fourth-order valence-electron chi connectivity index (χ4n) is 2.73. The molecule has 1 saturated heterocycles. The third kappa shape index (κ3) is 3.47. The summed E-state index contributed by atoms with van der Waals surface area (Å²) in [4.78, 5) is 0. The van der Waals surface area contributed by atoms with Gasteiger partial charge in [-0.3, -0.25) is 0 Å². The second kappa shape index (κ2) is 6.21. The molecule has 2 nitrogen and oxygen atoms in total. The Kier molecular flexibility index (Phi) is 4.82. The normalized spacial score (nSPS) is 24.6. The van der Waals surface area contributed by atoms with Crippen molar-refractivity contribution in [2.24, 2.45) is 0 Å². The van der Waals surface area contributed by atoms with Crippen molar-refractivity contribution in [1.82, 2.24) is 5.32 Å². The molecule has 0 radical (unpaired) electrons. The fraction of sp³-hybridized carbons (Fsp3) is 0.600. The van der Waals surface area contributed by atoms with E-state index in [1.54, 1.807) is 6.07 Å². The van der Waals surface area contributed by atoms with Crippen molar-refractivity contribution in [1.29, 1.82) is 0 Å². The summed E-state index contributed by atoms with van der Waals surface area (Å²) in [5.74, 6) is -0.294. The highest BCUT2D eigenvalue weighted by Gasteiger charge is 2.38. The summed E-state index contributed by atoms with van der Waals surface area (Å²) >= 11 is 6.12. The molecule has 106 valence electrons. The molecule has 0 aliphatic carbocycles. The lowest BCUT2D eigenvalue weighted by Gasteiger charge is -2.34. The zero-order chi connectivity index (χ0) is 13.9. The quantitative estimate of drug-likeness (QED) is 0.893. The van der Waals surface area contributed by atoms with E-state index in [1.165, 1.54) is 12.1 Å². The minimum Gasteiger partial charge on any atom is -0.374 e. The molecule has 19 heavy (non-hydrogen) atoms. The summed E-state index contributed by atoms with van der Waals surface area (Å²) < 4.78 is 19.0. The van der Waals surface area contributed by atoms with Crippen LogP contribution in [0.1, 0.15) is 32.3 Å². The van der Waals surface area contributed by atoms with Gasteiger partial charge in [-0.2, -0.15) is 0 Å². The van der Waals surface area contributed by atoms with Gasteiger partial charge < -0.3 is 10.1 Å². The van der Waals surface area contributed by atoms with E-state index in [-0.39, 0.29) is 17.5 Å². The minimum absolute atomic E-state index is 0.159. The molecule has 0 aromatic heterocycles. The van der Waals surface area contributed by atoms with E-state index in [4.69, 9.17) is 16.3 Å². The van der Waals surface area contributed by atoms with Gasteiger partial charge in [0.2, 0.25) is 0 Å². The number of hydrogen-bond acceptors (Lipinski definition) is 2. The van der Waals surface area contributed by atoms with E-state index in [0.29, 0.717) is 5.02 Å². The van der Waals surface area contributed by atoms with E-state index in [0.717, 1.165) is 38.0 Å². The van der Waals surface area contributed by atoms with Crippen LogP contribution in [0.3, 0.4) is 0 Å². The standard InChI is InChI=1S/C15H21ClFNO/c1-3-18-14(15(2)7-4-8-19-15)9-11-5-6-12(17)10-13(11)16/h5-6,10,14,18H,3-4,7-9H2,1-2H3. The molecule has 1 fully saturated rings. The van der Waals surface area contributed by atoms with Crippen molar-refractivity contribution in [3.8, 4) is 0 Å². The lowest BCUT2D eigenvalue weighted by atomic mass is 9.88. The Morgan fingerprint density at radius 3 is 2.89 bits per heavy atom. The van der Waals surface area contributed by atoms with Crippen LogP contribution in [-0.4, -0.2) is 24.8 Å². The van der Waals surface area contributed by atoms with Crippen LogP contribution >= 0.6 is 11.6 Å². The number of ether oxygens (including phenoxy) is 1. The van der Waals surface area contributed by atoms with Gasteiger partial charge in [0.15, 0.2) is 0 Å². The van der Waals surface area contributed by atoms with Crippen LogP contribution in [0.15, 0.2) is 18.2 Å². The average Bonchev–Trinajstić information content (AvgIpc) is 2.80. The predicted molar refractivity (Wildman–Crippen MR) is 76.2 cm³/mol. The van der Waals surface area contributed by atoms with Crippen LogP contribution in [0.4, 0.5) is 4.39 Å². The van der Waals surface area contributed by atoms with E-state index < -0.39 is 0 Å². The van der Waals surface area contributed by atoms with Crippen LogP contribution in [0.25, 0.3) is 0 Å². The number of hydrogen-bond donors (Lipinski definition) is 1. The summed E-state index contributed by atoms with van der Waals surface area (Å²) in [5.41, 5.74) is 0.805. The van der Waals surface area contributed by atoms with Crippen molar-refractivity contribution in [2.75, 3.05) is 13.2 Å². The van der Waals surface area contributed by atoms with Crippen LogP contribution in [0.2, 0.25) is 5.02 Å². The SMILES string of the molecule is CCNC(Cc1ccc(F)cc1Cl)C1(C)CCCO1. The first-order valence-electron chi connectivity index (χ1n) is 6.86. The largest absolute Gasteiger partial charge is 0.374 e. The number of nitrogens with one attached hydrogen (secondary N) is 1. The van der Waals surface area contributed by atoms with Gasteiger partial charge in [0.25, 0.3) is 0 Å². The van der Waals surface area contributed by atoms with Crippen molar-refractivity contribution < 1.29 is 9.13 Å². The number of rotatable bonds is 5. The Hall–Kier alpha value is -0.640. The molecule has 2 rings (SSSR count). The lowest BCUT2D eigenvalue weighted by molar-refractivity contribution is -0.0110. The summed E-state index contributed by atoms with van der Waals surface area (Å²) in [5, 5.41) is 3.97. The fourth-order valence-corrected chi connectivity index (χ4v) is 2.98. The Labute approximate surface area is 119 Å². The molecule has 0 bridgehead atoms. The van der Waals surface area contributed by atoms with Crippen molar-refractivity contribution in [3.05, 3.63) is 34.6 Å². The van der Waals surface area contributed by atoms with Crippen molar-refractivity contribution in [3.63, 3.8) is 0 Å². The molecule has 1 aromatic carbocycles. The van der Waals surface area contributed by atoms with Gasteiger partial charge in [-0.05, 0) is 50.4 Å². The molecule has 1 aromatic rings. The molecule has 1 aliphatic heterocycles. The van der Waals surface area contributed by atoms with Crippen molar-refractivity contribution in [2.45, 2.75) is 44.8 Å². The smallest absolute Gasteiger partial charge is 0.124 e. The van der Waals surface area contributed by atoms with Crippen LogP contribution < -0.4 is 5.32 Å².